The Morgan fingerprint density at radius 1 is 1.00 bits per heavy atom. The van der Waals surface area contributed by atoms with Crippen LogP contribution in [-0.4, -0.2) is 23.3 Å². The van der Waals surface area contributed by atoms with Crippen LogP contribution in [0.15, 0.2) is 84.4 Å². The number of para-hydroxylation sites is 2. The molecule has 1 aliphatic heterocycles. The van der Waals surface area contributed by atoms with Crippen LogP contribution in [0.3, 0.4) is 0 Å². The van der Waals surface area contributed by atoms with E-state index >= 15 is 0 Å². The summed E-state index contributed by atoms with van der Waals surface area (Å²) in [6, 6.07) is 23.0. The molecule has 168 valence electrons. The fraction of sp³-hybridized carbons (Fsp3) is 0.214. The van der Waals surface area contributed by atoms with Gasteiger partial charge in [0.2, 0.25) is 5.91 Å². The lowest BCUT2D eigenvalue weighted by molar-refractivity contribution is -0.129. The summed E-state index contributed by atoms with van der Waals surface area (Å²) in [5, 5.41) is 2.83. The first-order valence-corrected chi connectivity index (χ1v) is 11.3. The molecule has 3 aromatic rings. The molecule has 2 amide bonds. The molecule has 0 atom stereocenters. The highest BCUT2D eigenvalue weighted by Crippen LogP contribution is 2.21. The minimum Gasteiger partial charge on any atom is -0.397 e. The predicted molar refractivity (Wildman–Crippen MR) is 133 cm³/mol. The van der Waals surface area contributed by atoms with Crippen molar-refractivity contribution in [2.45, 2.75) is 32.7 Å². The molecule has 5 nitrogen and oxygen atoms in total. The number of likely N-dealkylation sites (tertiary alicyclic amines) is 1. The van der Waals surface area contributed by atoms with Crippen LogP contribution in [0.5, 0.6) is 0 Å². The lowest BCUT2D eigenvalue weighted by Gasteiger charge is -2.28. The molecule has 3 aromatic carbocycles. The van der Waals surface area contributed by atoms with Crippen molar-refractivity contribution in [1.29, 1.82) is 0 Å². The van der Waals surface area contributed by atoms with Gasteiger partial charge in [-0.2, -0.15) is 0 Å². The lowest BCUT2D eigenvalue weighted by Crippen LogP contribution is -2.36. The zero-order chi connectivity index (χ0) is 23.2. The number of hydrogen-bond donors (Lipinski definition) is 2. The molecule has 1 aliphatic rings. The minimum atomic E-state index is -0.213. The Kier molecular flexibility index (Phi) is 6.89. The Hall–Kier alpha value is -3.86. The third kappa shape index (κ3) is 5.69. The summed E-state index contributed by atoms with van der Waals surface area (Å²) in [6.45, 7) is 3.35. The van der Waals surface area contributed by atoms with Gasteiger partial charge in [0.05, 0.1) is 11.4 Å². The number of aryl methyl sites for hydroxylation is 1. The topological polar surface area (TPSA) is 75.4 Å². The molecule has 0 spiro atoms. The Bertz CT molecular complexity index is 1160. The number of carbonyl (C=O) groups excluding carboxylic acids is 2. The summed E-state index contributed by atoms with van der Waals surface area (Å²) in [5.74, 6) is -0.107. The Labute approximate surface area is 194 Å². The van der Waals surface area contributed by atoms with Gasteiger partial charge in [0.1, 0.15) is 0 Å². The molecular formula is C28H29N3O2. The number of hydrogen-bond acceptors (Lipinski definition) is 3. The first-order valence-electron chi connectivity index (χ1n) is 11.3. The average Bonchev–Trinajstić information content (AvgIpc) is 2.82. The zero-order valence-corrected chi connectivity index (χ0v) is 18.9. The second-order valence-corrected chi connectivity index (χ2v) is 8.49. The number of carbonyl (C=O) groups is 2. The molecule has 3 N–H and O–H groups in total. The molecule has 33 heavy (non-hydrogen) atoms. The number of rotatable bonds is 6. The molecule has 1 fully saturated rings. The number of anilines is 2. The molecule has 1 heterocycles. The van der Waals surface area contributed by atoms with Gasteiger partial charge in [-0.05, 0) is 61.6 Å². The van der Waals surface area contributed by atoms with Crippen molar-refractivity contribution in [3.8, 4) is 0 Å². The van der Waals surface area contributed by atoms with Crippen molar-refractivity contribution in [3.63, 3.8) is 0 Å². The van der Waals surface area contributed by atoms with E-state index in [4.69, 9.17) is 5.73 Å². The van der Waals surface area contributed by atoms with E-state index in [0.29, 0.717) is 23.5 Å². The fourth-order valence-corrected chi connectivity index (χ4v) is 3.96. The summed E-state index contributed by atoms with van der Waals surface area (Å²) < 4.78 is 0. The van der Waals surface area contributed by atoms with Gasteiger partial charge in [0.15, 0.2) is 0 Å². The normalized spacial score (nSPS) is 15.0. The Balaban J connectivity index is 1.37. The third-order valence-corrected chi connectivity index (χ3v) is 5.94. The van der Waals surface area contributed by atoms with Crippen LogP contribution < -0.4 is 11.1 Å². The van der Waals surface area contributed by atoms with Crippen LogP contribution in [-0.2, 0) is 17.8 Å². The second-order valence-electron chi connectivity index (χ2n) is 8.49. The van der Waals surface area contributed by atoms with E-state index in [1.165, 1.54) is 11.1 Å². The van der Waals surface area contributed by atoms with Gasteiger partial charge < -0.3 is 16.0 Å². The quantitative estimate of drug-likeness (QED) is 0.413. The fourth-order valence-electron chi connectivity index (χ4n) is 3.96. The number of nitrogens with one attached hydrogen (secondary N) is 1. The number of nitrogens with zero attached hydrogens (tertiary/aromatic N) is 1. The Morgan fingerprint density at radius 2 is 1.70 bits per heavy atom. The van der Waals surface area contributed by atoms with Crippen LogP contribution in [0.4, 0.5) is 11.4 Å². The zero-order valence-electron chi connectivity index (χ0n) is 18.9. The number of amides is 2. The summed E-state index contributed by atoms with van der Waals surface area (Å²) in [6.07, 6.45) is 4.63. The third-order valence-electron chi connectivity index (χ3n) is 5.94. The molecule has 0 saturated carbocycles. The molecule has 5 heteroatoms. The van der Waals surface area contributed by atoms with Gasteiger partial charge in [0.25, 0.3) is 5.91 Å². The number of nitrogens with two attached hydrogens (primary N) is 1. The van der Waals surface area contributed by atoms with E-state index in [-0.39, 0.29) is 11.8 Å². The molecular weight excluding hydrogens is 410 g/mol. The van der Waals surface area contributed by atoms with E-state index in [9.17, 15) is 9.59 Å². The minimum absolute atomic E-state index is 0.106. The summed E-state index contributed by atoms with van der Waals surface area (Å²) in [4.78, 5) is 27.4. The van der Waals surface area contributed by atoms with Gasteiger partial charge >= 0.3 is 0 Å². The van der Waals surface area contributed by atoms with Crippen molar-refractivity contribution < 1.29 is 9.59 Å². The number of benzene rings is 3. The van der Waals surface area contributed by atoms with Crippen LogP contribution in [0.25, 0.3) is 0 Å². The highest BCUT2D eigenvalue weighted by atomic mass is 16.2. The monoisotopic (exact) mass is 439 g/mol. The van der Waals surface area contributed by atoms with E-state index in [2.05, 4.69) is 42.6 Å². The second kappa shape index (κ2) is 10.2. The van der Waals surface area contributed by atoms with Gasteiger partial charge in [-0.1, -0.05) is 60.2 Å². The van der Waals surface area contributed by atoms with Crippen molar-refractivity contribution >= 4 is 23.2 Å². The van der Waals surface area contributed by atoms with E-state index in [1.54, 1.807) is 24.3 Å². The van der Waals surface area contributed by atoms with Crippen LogP contribution in [0, 0.1) is 6.92 Å². The first-order chi connectivity index (χ1) is 16.0. The van der Waals surface area contributed by atoms with Crippen molar-refractivity contribution in [2.24, 2.45) is 0 Å². The lowest BCUT2D eigenvalue weighted by atomic mass is 9.99. The van der Waals surface area contributed by atoms with Crippen molar-refractivity contribution in [2.75, 3.05) is 17.6 Å². The van der Waals surface area contributed by atoms with E-state index in [1.807, 2.05) is 29.2 Å². The standard InChI is InChI=1S/C28H29N3O2/c1-20-8-10-21(11-9-20)12-17-24-5-4-18-31(28(24)33)19-22-13-15-23(16-14-22)27(32)30-26-7-3-2-6-25(26)29/h2-3,6-11,13-17H,4-5,12,18-19,29H2,1H3,(H,30,32)/b24-17+. The maximum atomic E-state index is 13.0. The van der Waals surface area contributed by atoms with Crippen molar-refractivity contribution in [1.82, 2.24) is 4.90 Å². The van der Waals surface area contributed by atoms with Crippen LogP contribution in [0.2, 0.25) is 0 Å². The Morgan fingerprint density at radius 3 is 2.42 bits per heavy atom. The average molecular weight is 440 g/mol. The largest absolute Gasteiger partial charge is 0.397 e. The SMILES string of the molecule is Cc1ccc(C/C=C2\CCCN(Cc3ccc(C(=O)Nc4ccccc4N)cc3)C2=O)cc1. The number of allylic oxidation sites excluding steroid dienone is 1. The predicted octanol–water partition coefficient (Wildman–Crippen LogP) is 5.12. The summed E-state index contributed by atoms with van der Waals surface area (Å²) in [7, 11) is 0. The molecule has 0 unspecified atom stereocenters. The van der Waals surface area contributed by atoms with Gasteiger partial charge in [0, 0.05) is 24.2 Å². The summed E-state index contributed by atoms with van der Waals surface area (Å²) in [5.41, 5.74) is 11.9. The maximum Gasteiger partial charge on any atom is 0.255 e. The molecule has 4 rings (SSSR count). The number of nitrogen functional groups attached to an aromatic ring is 1. The van der Waals surface area contributed by atoms with Gasteiger partial charge in [-0.3, -0.25) is 9.59 Å². The first kappa shape index (κ1) is 22.3. The smallest absolute Gasteiger partial charge is 0.255 e. The van der Waals surface area contributed by atoms with Crippen molar-refractivity contribution in [3.05, 3.63) is 107 Å². The highest BCUT2D eigenvalue weighted by Gasteiger charge is 2.23. The highest BCUT2D eigenvalue weighted by molar-refractivity contribution is 6.05. The molecule has 0 radical (unpaired) electrons. The molecule has 0 aromatic heterocycles. The van der Waals surface area contributed by atoms with Gasteiger partial charge in [-0.15, -0.1) is 0 Å². The van der Waals surface area contributed by atoms with Crippen LogP contribution >= 0.6 is 0 Å². The molecule has 0 bridgehead atoms. The van der Waals surface area contributed by atoms with Crippen LogP contribution in [0.1, 0.15) is 39.9 Å². The molecule has 1 saturated heterocycles. The molecule has 0 aliphatic carbocycles. The number of piperidine rings is 1. The maximum absolute atomic E-state index is 13.0. The van der Waals surface area contributed by atoms with E-state index in [0.717, 1.165) is 36.9 Å². The van der Waals surface area contributed by atoms with E-state index < -0.39 is 0 Å². The van der Waals surface area contributed by atoms with Gasteiger partial charge in [-0.25, -0.2) is 0 Å². The summed E-state index contributed by atoms with van der Waals surface area (Å²) >= 11 is 0.